The zero-order chi connectivity index (χ0) is 11.7. The van der Waals surface area contributed by atoms with Crippen LogP contribution in [0.25, 0.3) is 10.4 Å². The lowest BCUT2D eigenvalue weighted by Gasteiger charge is -2.16. The lowest BCUT2D eigenvalue weighted by molar-refractivity contribution is -0.123. The van der Waals surface area contributed by atoms with E-state index in [9.17, 15) is 4.79 Å². The van der Waals surface area contributed by atoms with Crippen LogP contribution in [0.3, 0.4) is 0 Å². The fourth-order valence-corrected chi connectivity index (χ4v) is 1.03. The summed E-state index contributed by atoms with van der Waals surface area (Å²) in [6.07, 6.45) is 0.994. The maximum atomic E-state index is 11.1. The Bertz CT molecular complexity index is 238. The van der Waals surface area contributed by atoms with E-state index in [1.165, 1.54) is 0 Å². The number of hydrogen-bond acceptors (Lipinski definition) is 3. The molecule has 0 fully saturated rings. The predicted octanol–water partition coefficient (Wildman–Crippen LogP) is 1.62. The van der Waals surface area contributed by atoms with Crippen molar-refractivity contribution in [3.8, 4) is 0 Å². The highest BCUT2D eigenvalue weighted by Gasteiger charge is 2.12. The van der Waals surface area contributed by atoms with Crippen molar-refractivity contribution in [3.63, 3.8) is 0 Å². The van der Waals surface area contributed by atoms with Gasteiger partial charge in [0.15, 0.2) is 0 Å². The molecule has 0 rings (SSSR count). The van der Waals surface area contributed by atoms with Gasteiger partial charge in [0.05, 0.1) is 25.2 Å². The Kier molecular flexibility index (Phi) is 7.40. The van der Waals surface area contributed by atoms with Gasteiger partial charge >= 0.3 is 0 Å². The monoisotopic (exact) mass is 214 g/mol. The minimum atomic E-state index is -0.200. The van der Waals surface area contributed by atoms with Gasteiger partial charge in [-0.1, -0.05) is 19.0 Å². The van der Waals surface area contributed by atoms with Crippen molar-refractivity contribution in [2.75, 3.05) is 13.7 Å². The van der Waals surface area contributed by atoms with E-state index in [0.29, 0.717) is 13.0 Å². The summed E-state index contributed by atoms with van der Waals surface area (Å²) < 4.78 is 5.45. The van der Waals surface area contributed by atoms with Crippen molar-refractivity contribution < 1.29 is 9.53 Å². The van der Waals surface area contributed by atoms with Crippen molar-refractivity contribution >= 4 is 5.91 Å². The molecule has 0 aliphatic heterocycles. The number of hydrogen-bond donors (Lipinski definition) is 1. The Balaban J connectivity index is 3.89. The summed E-state index contributed by atoms with van der Waals surface area (Å²) in [5, 5.41) is 6.03. The second-order valence-corrected chi connectivity index (χ2v) is 3.29. The third kappa shape index (κ3) is 6.76. The van der Waals surface area contributed by atoms with Gasteiger partial charge < -0.3 is 10.1 Å². The maximum absolute atomic E-state index is 11.1. The highest BCUT2D eigenvalue weighted by molar-refractivity contribution is 5.75. The smallest absolute Gasteiger partial charge is 0.222 e. The van der Waals surface area contributed by atoms with Crippen LogP contribution < -0.4 is 5.32 Å². The molecule has 0 saturated carbocycles. The fourth-order valence-electron chi connectivity index (χ4n) is 1.03. The lowest BCUT2D eigenvalue weighted by atomic mass is 10.2. The van der Waals surface area contributed by atoms with Crippen LogP contribution in [0.2, 0.25) is 0 Å². The molecule has 2 unspecified atom stereocenters. The highest BCUT2D eigenvalue weighted by Crippen LogP contribution is 2.05. The van der Waals surface area contributed by atoms with E-state index < -0.39 is 0 Å². The second kappa shape index (κ2) is 8.08. The molecule has 2 atom stereocenters. The Morgan fingerprint density at radius 3 is 2.80 bits per heavy atom. The normalized spacial score (nSPS) is 13.8. The quantitative estimate of drug-likeness (QED) is 0.396. The average Bonchev–Trinajstić information content (AvgIpc) is 2.24. The van der Waals surface area contributed by atoms with E-state index in [-0.39, 0.29) is 18.1 Å². The summed E-state index contributed by atoms with van der Waals surface area (Å²) in [4.78, 5) is 13.8. The lowest BCUT2D eigenvalue weighted by Crippen LogP contribution is -2.27. The molecular formula is C9H18N4O2. The van der Waals surface area contributed by atoms with Crippen molar-refractivity contribution in [1.29, 1.82) is 0 Å². The standard InChI is InChI=1S/C9H18N4O2/c1-4-8(5-9(14)11-3)15-6-7(2)12-13-10/h7-8H,4-6H2,1-3H3,(H,11,14). The van der Waals surface area contributed by atoms with Crippen LogP contribution in [0, 0.1) is 0 Å². The van der Waals surface area contributed by atoms with Gasteiger partial charge in [0.1, 0.15) is 0 Å². The van der Waals surface area contributed by atoms with E-state index in [0.717, 1.165) is 6.42 Å². The number of rotatable bonds is 7. The van der Waals surface area contributed by atoms with Crippen LogP contribution >= 0.6 is 0 Å². The first-order valence-corrected chi connectivity index (χ1v) is 5.00. The van der Waals surface area contributed by atoms with Crippen molar-refractivity contribution in [3.05, 3.63) is 10.4 Å². The van der Waals surface area contributed by atoms with Crippen molar-refractivity contribution in [2.45, 2.75) is 38.8 Å². The van der Waals surface area contributed by atoms with Gasteiger partial charge in [-0.05, 0) is 12.0 Å². The molecule has 1 N–H and O–H groups in total. The zero-order valence-electron chi connectivity index (χ0n) is 9.43. The number of nitrogens with one attached hydrogen (secondary N) is 1. The summed E-state index contributed by atoms with van der Waals surface area (Å²) in [6, 6.07) is -0.200. The van der Waals surface area contributed by atoms with Gasteiger partial charge in [-0.3, -0.25) is 4.79 Å². The summed E-state index contributed by atoms with van der Waals surface area (Å²) in [5.74, 6) is -0.0433. The largest absolute Gasteiger partial charge is 0.377 e. The molecule has 6 nitrogen and oxygen atoms in total. The molecule has 0 aliphatic rings. The number of azide groups is 1. The second-order valence-electron chi connectivity index (χ2n) is 3.29. The van der Waals surface area contributed by atoms with E-state index in [4.69, 9.17) is 10.3 Å². The Morgan fingerprint density at radius 2 is 2.33 bits per heavy atom. The zero-order valence-corrected chi connectivity index (χ0v) is 9.43. The highest BCUT2D eigenvalue weighted by atomic mass is 16.5. The molecule has 86 valence electrons. The van der Waals surface area contributed by atoms with E-state index in [1.54, 1.807) is 14.0 Å². The van der Waals surface area contributed by atoms with Gasteiger partial charge in [0.2, 0.25) is 5.91 Å². The minimum Gasteiger partial charge on any atom is -0.377 e. The molecule has 0 aromatic rings. The topological polar surface area (TPSA) is 87.1 Å². The molecule has 0 aromatic heterocycles. The SMILES string of the molecule is CCC(CC(=O)NC)OCC(C)N=[N+]=[N-]. The molecule has 0 aliphatic carbocycles. The Labute approximate surface area is 89.6 Å². The molecule has 15 heavy (non-hydrogen) atoms. The number of carbonyl (C=O) groups is 1. The summed E-state index contributed by atoms with van der Waals surface area (Å²) in [6.45, 7) is 4.07. The Morgan fingerprint density at radius 1 is 1.67 bits per heavy atom. The number of nitrogens with zero attached hydrogens (tertiary/aromatic N) is 3. The third-order valence-corrected chi connectivity index (χ3v) is 1.97. The van der Waals surface area contributed by atoms with E-state index in [2.05, 4.69) is 15.3 Å². The first kappa shape index (κ1) is 13.7. The van der Waals surface area contributed by atoms with Gasteiger partial charge in [-0.15, -0.1) is 0 Å². The maximum Gasteiger partial charge on any atom is 0.222 e. The number of amides is 1. The van der Waals surface area contributed by atoms with Gasteiger partial charge in [-0.2, -0.15) is 0 Å². The molecule has 6 heteroatoms. The first-order valence-electron chi connectivity index (χ1n) is 5.00. The molecule has 0 radical (unpaired) electrons. The summed E-state index contributed by atoms with van der Waals surface area (Å²) in [5.41, 5.74) is 8.18. The molecule has 0 bridgehead atoms. The average molecular weight is 214 g/mol. The molecular weight excluding hydrogens is 196 g/mol. The van der Waals surface area contributed by atoms with Crippen molar-refractivity contribution in [2.24, 2.45) is 5.11 Å². The van der Waals surface area contributed by atoms with Crippen molar-refractivity contribution in [1.82, 2.24) is 5.32 Å². The number of ether oxygens (including phenoxy) is 1. The van der Waals surface area contributed by atoms with Gasteiger partial charge in [0.25, 0.3) is 0 Å². The van der Waals surface area contributed by atoms with Gasteiger partial charge in [0, 0.05) is 12.0 Å². The molecule has 0 heterocycles. The predicted molar refractivity (Wildman–Crippen MR) is 57.3 cm³/mol. The van der Waals surface area contributed by atoms with E-state index in [1.807, 2.05) is 6.92 Å². The fraction of sp³-hybridized carbons (Fsp3) is 0.889. The molecule has 0 spiro atoms. The summed E-state index contributed by atoms with van der Waals surface area (Å²) in [7, 11) is 1.59. The number of carbonyl (C=O) groups excluding carboxylic acids is 1. The Hall–Kier alpha value is -1.26. The first-order chi connectivity index (χ1) is 7.13. The van der Waals surface area contributed by atoms with Crippen LogP contribution in [-0.2, 0) is 9.53 Å². The minimum absolute atomic E-state index is 0.0433. The van der Waals surface area contributed by atoms with E-state index >= 15 is 0 Å². The molecule has 0 saturated heterocycles. The van der Waals surface area contributed by atoms with Crippen LogP contribution in [-0.4, -0.2) is 31.7 Å². The van der Waals surface area contributed by atoms with Crippen LogP contribution in [0.1, 0.15) is 26.7 Å². The molecule has 0 aromatic carbocycles. The van der Waals surface area contributed by atoms with Crippen LogP contribution in [0.5, 0.6) is 0 Å². The molecule has 1 amide bonds. The third-order valence-electron chi connectivity index (χ3n) is 1.97. The van der Waals surface area contributed by atoms with Crippen LogP contribution in [0.4, 0.5) is 0 Å². The van der Waals surface area contributed by atoms with Crippen LogP contribution in [0.15, 0.2) is 5.11 Å². The summed E-state index contributed by atoms with van der Waals surface area (Å²) >= 11 is 0. The van der Waals surface area contributed by atoms with Gasteiger partial charge in [-0.25, -0.2) is 0 Å².